The third-order valence-corrected chi connectivity index (χ3v) is 4.47. The Balaban J connectivity index is 1.59. The number of halogens is 2. The fourth-order valence-corrected chi connectivity index (χ4v) is 2.97. The minimum atomic E-state index is -0.932. The number of anilines is 1. The number of nitrogens with zero attached hydrogens (tertiary/aromatic N) is 2. The maximum Gasteiger partial charge on any atom is 0.262 e. The second-order valence-corrected chi connectivity index (χ2v) is 6.39. The molecule has 0 spiro atoms. The van der Waals surface area contributed by atoms with E-state index in [4.69, 9.17) is 4.52 Å². The highest BCUT2D eigenvalue weighted by Crippen LogP contribution is 2.29. The summed E-state index contributed by atoms with van der Waals surface area (Å²) in [6, 6.07) is 14.2. The minimum Gasteiger partial charge on any atom is -0.356 e. The standard InChI is InChI=1S/C22H15F2N3O2/c1-13-5-6-14(19-9-10-26-29-19)11-16(13)15-7-8-20(25-12-15)27-22(28)21-17(23)3-2-4-18(21)24/h2-12H,1H3,(H,25,27,28). The molecule has 0 aliphatic carbocycles. The monoisotopic (exact) mass is 391 g/mol. The first-order valence-electron chi connectivity index (χ1n) is 8.76. The maximum absolute atomic E-state index is 13.8. The van der Waals surface area contributed by atoms with Gasteiger partial charge in [0.05, 0.1) is 6.20 Å². The summed E-state index contributed by atoms with van der Waals surface area (Å²) in [5.41, 5.74) is 3.01. The Bertz CT molecular complexity index is 1150. The topological polar surface area (TPSA) is 68.0 Å². The third kappa shape index (κ3) is 3.75. The average Bonchev–Trinajstić information content (AvgIpc) is 3.24. The third-order valence-electron chi connectivity index (χ3n) is 4.47. The van der Waals surface area contributed by atoms with Crippen LogP contribution in [0.2, 0.25) is 0 Å². The number of hydrogen-bond donors (Lipinski definition) is 1. The summed E-state index contributed by atoms with van der Waals surface area (Å²) in [6.45, 7) is 1.97. The van der Waals surface area contributed by atoms with E-state index in [1.54, 1.807) is 30.6 Å². The van der Waals surface area contributed by atoms with Crippen LogP contribution in [0.5, 0.6) is 0 Å². The first-order valence-corrected chi connectivity index (χ1v) is 8.76. The lowest BCUT2D eigenvalue weighted by Gasteiger charge is -2.10. The molecular weight excluding hydrogens is 376 g/mol. The normalized spacial score (nSPS) is 10.7. The van der Waals surface area contributed by atoms with Gasteiger partial charge in [-0.05, 0) is 48.4 Å². The van der Waals surface area contributed by atoms with Gasteiger partial charge in [-0.15, -0.1) is 0 Å². The van der Waals surface area contributed by atoms with Crippen LogP contribution in [-0.4, -0.2) is 16.0 Å². The first kappa shape index (κ1) is 18.5. The Labute approximate surface area is 165 Å². The number of carbonyl (C=O) groups is 1. The smallest absolute Gasteiger partial charge is 0.262 e. The number of pyridine rings is 1. The molecular formula is C22H15F2N3O2. The molecule has 144 valence electrons. The molecule has 0 bridgehead atoms. The second-order valence-electron chi connectivity index (χ2n) is 6.39. The van der Waals surface area contributed by atoms with E-state index in [-0.39, 0.29) is 5.82 Å². The van der Waals surface area contributed by atoms with Crippen molar-refractivity contribution in [1.29, 1.82) is 0 Å². The Hall–Kier alpha value is -3.87. The van der Waals surface area contributed by atoms with E-state index < -0.39 is 23.1 Å². The van der Waals surface area contributed by atoms with E-state index in [0.29, 0.717) is 5.76 Å². The van der Waals surface area contributed by atoms with E-state index in [0.717, 1.165) is 34.4 Å². The van der Waals surface area contributed by atoms with Gasteiger partial charge in [-0.3, -0.25) is 4.79 Å². The molecule has 5 nitrogen and oxygen atoms in total. The number of hydrogen-bond acceptors (Lipinski definition) is 4. The number of carbonyl (C=O) groups excluding carboxylic acids is 1. The molecule has 2 aromatic heterocycles. The van der Waals surface area contributed by atoms with Gasteiger partial charge in [-0.2, -0.15) is 0 Å². The number of nitrogens with one attached hydrogen (secondary N) is 1. The summed E-state index contributed by atoms with van der Waals surface area (Å²) in [4.78, 5) is 16.4. The zero-order valence-electron chi connectivity index (χ0n) is 15.3. The number of aromatic nitrogens is 2. The molecule has 0 aliphatic heterocycles. The fraction of sp³-hybridized carbons (Fsp3) is 0.0455. The molecule has 2 aromatic carbocycles. The van der Waals surface area contributed by atoms with Gasteiger partial charge in [-0.1, -0.05) is 23.4 Å². The Kier molecular flexibility index (Phi) is 4.87. The number of aryl methyl sites for hydroxylation is 1. The second kappa shape index (κ2) is 7.63. The predicted octanol–water partition coefficient (Wildman–Crippen LogP) is 5.24. The number of benzene rings is 2. The maximum atomic E-state index is 13.8. The molecule has 7 heteroatoms. The summed E-state index contributed by atoms with van der Waals surface area (Å²) in [5, 5.41) is 6.13. The molecule has 2 heterocycles. The molecule has 0 aliphatic rings. The van der Waals surface area contributed by atoms with Crippen molar-refractivity contribution in [3.63, 3.8) is 0 Å². The highest BCUT2D eigenvalue weighted by atomic mass is 19.1. The van der Waals surface area contributed by atoms with Crippen molar-refractivity contribution < 1.29 is 18.1 Å². The van der Waals surface area contributed by atoms with Crippen LogP contribution >= 0.6 is 0 Å². The van der Waals surface area contributed by atoms with Gasteiger partial charge in [0.2, 0.25) is 0 Å². The van der Waals surface area contributed by atoms with Crippen molar-refractivity contribution in [3.05, 3.63) is 89.8 Å². The zero-order valence-corrected chi connectivity index (χ0v) is 15.3. The van der Waals surface area contributed by atoms with Gasteiger partial charge in [0.1, 0.15) is 23.0 Å². The fourth-order valence-electron chi connectivity index (χ4n) is 2.97. The largest absolute Gasteiger partial charge is 0.356 e. The summed E-state index contributed by atoms with van der Waals surface area (Å²) < 4.78 is 32.7. The van der Waals surface area contributed by atoms with Gasteiger partial charge in [-0.25, -0.2) is 13.8 Å². The van der Waals surface area contributed by atoms with Gasteiger partial charge in [0.15, 0.2) is 5.76 Å². The summed E-state index contributed by atoms with van der Waals surface area (Å²) in [5.74, 6) is -1.93. The first-order chi connectivity index (χ1) is 14.0. The van der Waals surface area contributed by atoms with Gasteiger partial charge < -0.3 is 9.84 Å². The molecule has 0 fully saturated rings. The minimum absolute atomic E-state index is 0.186. The molecule has 29 heavy (non-hydrogen) atoms. The average molecular weight is 391 g/mol. The van der Waals surface area contributed by atoms with Crippen molar-refractivity contribution in [2.24, 2.45) is 0 Å². The van der Waals surface area contributed by atoms with Crippen molar-refractivity contribution in [3.8, 4) is 22.5 Å². The summed E-state index contributed by atoms with van der Waals surface area (Å²) >= 11 is 0. The zero-order chi connectivity index (χ0) is 20.4. The van der Waals surface area contributed by atoms with Crippen LogP contribution in [0, 0.1) is 18.6 Å². The SMILES string of the molecule is Cc1ccc(-c2ccno2)cc1-c1ccc(NC(=O)c2c(F)cccc2F)nc1. The molecule has 1 N–H and O–H groups in total. The molecule has 1 amide bonds. The molecule has 0 unspecified atom stereocenters. The molecule has 0 saturated heterocycles. The van der Waals surface area contributed by atoms with Crippen molar-refractivity contribution in [1.82, 2.24) is 10.1 Å². The van der Waals surface area contributed by atoms with Crippen LogP contribution in [0.25, 0.3) is 22.5 Å². The number of rotatable bonds is 4. The number of amides is 1. The van der Waals surface area contributed by atoms with Crippen molar-refractivity contribution in [2.75, 3.05) is 5.32 Å². The van der Waals surface area contributed by atoms with Crippen molar-refractivity contribution >= 4 is 11.7 Å². The van der Waals surface area contributed by atoms with Crippen LogP contribution in [-0.2, 0) is 0 Å². The molecule has 0 radical (unpaired) electrons. The highest BCUT2D eigenvalue weighted by molar-refractivity contribution is 6.04. The summed E-state index contributed by atoms with van der Waals surface area (Å²) in [7, 11) is 0. The highest BCUT2D eigenvalue weighted by Gasteiger charge is 2.17. The van der Waals surface area contributed by atoms with E-state index >= 15 is 0 Å². The van der Waals surface area contributed by atoms with Gasteiger partial charge in [0.25, 0.3) is 5.91 Å². The van der Waals surface area contributed by atoms with Crippen LogP contribution in [0.3, 0.4) is 0 Å². The quantitative estimate of drug-likeness (QED) is 0.516. The van der Waals surface area contributed by atoms with Crippen LogP contribution < -0.4 is 5.32 Å². The Morgan fingerprint density at radius 3 is 2.41 bits per heavy atom. The lowest BCUT2D eigenvalue weighted by molar-refractivity contribution is 0.101. The van der Waals surface area contributed by atoms with E-state index in [2.05, 4.69) is 15.5 Å². The van der Waals surface area contributed by atoms with Crippen molar-refractivity contribution in [2.45, 2.75) is 6.92 Å². The molecule has 4 rings (SSSR count). The lowest BCUT2D eigenvalue weighted by atomic mass is 9.98. The Morgan fingerprint density at radius 1 is 1.00 bits per heavy atom. The predicted molar refractivity (Wildman–Crippen MR) is 104 cm³/mol. The molecule has 0 saturated carbocycles. The molecule has 0 atom stereocenters. The van der Waals surface area contributed by atoms with E-state index in [1.165, 1.54) is 6.07 Å². The Morgan fingerprint density at radius 2 is 1.76 bits per heavy atom. The summed E-state index contributed by atoms with van der Waals surface area (Å²) in [6.07, 6.45) is 3.16. The van der Waals surface area contributed by atoms with E-state index in [9.17, 15) is 13.6 Å². The van der Waals surface area contributed by atoms with Crippen LogP contribution in [0.1, 0.15) is 15.9 Å². The van der Waals surface area contributed by atoms with Crippen LogP contribution in [0.4, 0.5) is 14.6 Å². The van der Waals surface area contributed by atoms with Crippen LogP contribution in [0.15, 0.2) is 71.5 Å². The van der Waals surface area contributed by atoms with E-state index in [1.807, 2.05) is 25.1 Å². The lowest BCUT2D eigenvalue weighted by Crippen LogP contribution is -2.16. The molecule has 4 aromatic rings. The van der Waals surface area contributed by atoms with Gasteiger partial charge >= 0.3 is 0 Å². The van der Waals surface area contributed by atoms with Gasteiger partial charge in [0, 0.05) is 23.4 Å².